The van der Waals surface area contributed by atoms with Crippen molar-refractivity contribution < 1.29 is 9.53 Å². The second-order valence-corrected chi connectivity index (χ2v) is 4.25. The molecule has 2 unspecified atom stereocenters. The van der Waals surface area contributed by atoms with Crippen molar-refractivity contribution >= 4 is 5.91 Å². The number of carbonyl (C=O) groups excluding carboxylic acids is 1. The predicted octanol–water partition coefficient (Wildman–Crippen LogP) is -0.111. The molecule has 0 aromatic heterocycles. The van der Waals surface area contributed by atoms with E-state index in [2.05, 4.69) is 10.6 Å². The number of hydrogen-bond acceptors (Lipinski definition) is 3. The molecular formula is C10H18N2O2. The first-order valence-corrected chi connectivity index (χ1v) is 5.32. The largest absolute Gasteiger partial charge is 0.378 e. The molecule has 80 valence electrons. The Kier molecular flexibility index (Phi) is 3.03. The minimum absolute atomic E-state index is 0.137. The first kappa shape index (κ1) is 9.93. The van der Waals surface area contributed by atoms with Gasteiger partial charge in [0.05, 0.1) is 12.1 Å². The third kappa shape index (κ3) is 2.45. The summed E-state index contributed by atoms with van der Waals surface area (Å²) in [5.41, 5.74) is 0. The zero-order chi connectivity index (χ0) is 9.97. The van der Waals surface area contributed by atoms with Crippen LogP contribution in [0.2, 0.25) is 0 Å². The van der Waals surface area contributed by atoms with Gasteiger partial charge in [0, 0.05) is 26.6 Å². The van der Waals surface area contributed by atoms with Gasteiger partial charge in [-0.05, 0) is 18.8 Å². The third-order valence-electron chi connectivity index (χ3n) is 2.98. The zero-order valence-corrected chi connectivity index (χ0v) is 8.58. The minimum atomic E-state index is 0.137. The van der Waals surface area contributed by atoms with Gasteiger partial charge in [-0.1, -0.05) is 0 Å². The van der Waals surface area contributed by atoms with Gasteiger partial charge in [0.25, 0.3) is 0 Å². The molecular weight excluding hydrogens is 180 g/mol. The van der Waals surface area contributed by atoms with Crippen LogP contribution in [0.1, 0.15) is 19.3 Å². The van der Waals surface area contributed by atoms with Crippen molar-refractivity contribution in [1.82, 2.24) is 10.6 Å². The molecule has 0 aromatic rings. The molecule has 2 N–H and O–H groups in total. The normalized spacial score (nSPS) is 31.8. The molecule has 1 saturated heterocycles. The van der Waals surface area contributed by atoms with Crippen molar-refractivity contribution in [2.24, 2.45) is 5.92 Å². The summed E-state index contributed by atoms with van der Waals surface area (Å²) in [5, 5.41) is 6.23. The van der Waals surface area contributed by atoms with Crippen molar-refractivity contribution in [3.63, 3.8) is 0 Å². The minimum Gasteiger partial charge on any atom is -0.378 e. The summed E-state index contributed by atoms with van der Waals surface area (Å²) < 4.78 is 5.27. The third-order valence-corrected chi connectivity index (χ3v) is 2.98. The van der Waals surface area contributed by atoms with Gasteiger partial charge in [0.15, 0.2) is 0 Å². The Bertz CT molecular complexity index is 216. The van der Waals surface area contributed by atoms with Gasteiger partial charge in [0.2, 0.25) is 5.91 Å². The van der Waals surface area contributed by atoms with E-state index in [1.165, 1.54) is 12.8 Å². The highest BCUT2D eigenvalue weighted by Gasteiger charge is 2.30. The molecule has 2 atom stereocenters. The highest BCUT2D eigenvalue weighted by Crippen LogP contribution is 2.32. The Morgan fingerprint density at radius 2 is 2.29 bits per heavy atom. The Hall–Kier alpha value is -0.610. The van der Waals surface area contributed by atoms with E-state index in [0.29, 0.717) is 12.3 Å². The molecule has 1 saturated carbocycles. The molecule has 2 aliphatic rings. The predicted molar refractivity (Wildman–Crippen MR) is 52.9 cm³/mol. The van der Waals surface area contributed by atoms with Crippen molar-refractivity contribution in [3.05, 3.63) is 0 Å². The maximum Gasteiger partial charge on any atom is 0.220 e. The molecule has 1 heterocycles. The van der Waals surface area contributed by atoms with Gasteiger partial charge < -0.3 is 15.4 Å². The maximum absolute atomic E-state index is 11.5. The molecule has 2 fully saturated rings. The Labute approximate surface area is 84.4 Å². The van der Waals surface area contributed by atoms with Crippen LogP contribution < -0.4 is 10.6 Å². The summed E-state index contributed by atoms with van der Waals surface area (Å²) in [6, 6.07) is 0.159. The molecule has 0 spiro atoms. The number of ether oxygens (including phenoxy) is 1. The lowest BCUT2D eigenvalue weighted by molar-refractivity contribution is -0.122. The fourth-order valence-electron chi connectivity index (χ4n) is 1.90. The van der Waals surface area contributed by atoms with Gasteiger partial charge in [0.1, 0.15) is 0 Å². The summed E-state index contributed by atoms with van der Waals surface area (Å²) in [6.07, 6.45) is 3.29. The first-order chi connectivity index (χ1) is 6.79. The van der Waals surface area contributed by atoms with Gasteiger partial charge in [-0.25, -0.2) is 0 Å². The monoisotopic (exact) mass is 198 g/mol. The second kappa shape index (κ2) is 4.28. The van der Waals surface area contributed by atoms with Crippen LogP contribution in [0.15, 0.2) is 0 Å². The SMILES string of the molecule is COC1CNCC1NC(=O)CC1CC1. The molecule has 4 heteroatoms. The molecule has 14 heavy (non-hydrogen) atoms. The molecule has 0 bridgehead atoms. The number of methoxy groups -OCH3 is 1. The van der Waals surface area contributed by atoms with Crippen LogP contribution in [0.4, 0.5) is 0 Å². The van der Waals surface area contributed by atoms with Crippen molar-refractivity contribution in [2.75, 3.05) is 20.2 Å². The Morgan fingerprint density at radius 1 is 1.50 bits per heavy atom. The van der Waals surface area contributed by atoms with E-state index < -0.39 is 0 Å². The van der Waals surface area contributed by atoms with Gasteiger partial charge in [-0.2, -0.15) is 0 Å². The van der Waals surface area contributed by atoms with E-state index in [-0.39, 0.29) is 18.1 Å². The smallest absolute Gasteiger partial charge is 0.220 e. The van der Waals surface area contributed by atoms with E-state index in [1.807, 2.05) is 0 Å². The number of carbonyl (C=O) groups is 1. The van der Waals surface area contributed by atoms with Crippen LogP contribution in [0.5, 0.6) is 0 Å². The van der Waals surface area contributed by atoms with E-state index >= 15 is 0 Å². The number of hydrogen-bond donors (Lipinski definition) is 2. The average molecular weight is 198 g/mol. The summed E-state index contributed by atoms with van der Waals surface area (Å²) in [6.45, 7) is 1.67. The van der Waals surface area contributed by atoms with E-state index in [0.717, 1.165) is 13.1 Å². The molecule has 1 aliphatic carbocycles. The Balaban J connectivity index is 1.74. The summed E-state index contributed by atoms with van der Waals surface area (Å²) in [4.78, 5) is 11.5. The second-order valence-electron chi connectivity index (χ2n) is 4.25. The highest BCUT2D eigenvalue weighted by molar-refractivity contribution is 5.77. The summed E-state index contributed by atoms with van der Waals surface area (Å²) in [7, 11) is 1.69. The van der Waals surface area contributed by atoms with E-state index in [1.54, 1.807) is 7.11 Å². The lowest BCUT2D eigenvalue weighted by Gasteiger charge is -2.18. The lowest BCUT2D eigenvalue weighted by atomic mass is 10.2. The highest BCUT2D eigenvalue weighted by atomic mass is 16.5. The Morgan fingerprint density at radius 3 is 2.93 bits per heavy atom. The maximum atomic E-state index is 11.5. The zero-order valence-electron chi connectivity index (χ0n) is 8.58. The topological polar surface area (TPSA) is 50.4 Å². The molecule has 1 aliphatic heterocycles. The van der Waals surface area contributed by atoms with Crippen LogP contribution in [-0.2, 0) is 9.53 Å². The van der Waals surface area contributed by atoms with E-state index in [9.17, 15) is 4.79 Å². The number of amides is 1. The fourth-order valence-corrected chi connectivity index (χ4v) is 1.90. The summed E-state index contributed by atoms with van der Waals surface area (Å²) >= 11 is 0. The van der Waals surface area contributed by atoms with E-state index in [4.69, 9.17) is 4.74 Å². The van der Waals surface area contributed by atoms with Gasteiger partial charge in [-0.3, -0.25) is 4.79 Å². The van der Waals surface area contributed by atoms with Crippen molar-refractivity contribution in [1.29, 1.82) is 0 Å². The molecule has 0 aromatic carbocycles. The van der Waals surface area contributed by atoms with Crippen LogP contribution in [0, 0.1) is 5.92 Å². The van der Waals surface area contributed by atoms with Crippen LogP contribution in [0.3, 0.4) is 0 Å². The molecule has 0 radical (unpaired) electrons. The van der Waals surface area contributed by atoms with Crippen LogP contribution in [-0.4, -0.2) is 38.3 Å². The number of rotatable bonds is 4. The molecule has 1 amide bonds. The van der Waals surface area contributed by atoms with Gasteiger partial charge in [-0.15, -0.1) is 0 Å². The summed E-state index contributed by atoms with van der Waals surface area (Å²) in [5.74, 6) is 0.841. The first-order valence-electron chi connectivity index (χ1n) is 5.32. The van der Waals surface area contributed by atoms with Crippen LogP contribution in [0.25, 0.3) is 0 Å². The molecule has 2 rings (SSSR count). The standard InChI is InChI=1S/C10H18N2O2/c1-14-9-6-11-5-8(9)12-10(13)4-7-2-3-7/h7-9,11H,2-6H2,1H3,(H,12,13). The van der Waals surface area contributed by atoms with Crippen molar-refractivity contribution in [2.45, 2.75) is 31.4 Å². The van der Waals surface area contributed by atoms with Crippen LogP contribution >= 0.6 is 0 Å². The van der Waals surface area contributed by atoms with Gasteiger partial charge >= 0.3 is 0 Å². The lowest BCUT2D eigenvalue weighted by Crippen LogP contribution is -2.43. The average Bonchev–Trinajstić information content (AvgIpc) is 2.84. The van der Waals surface area contributed by atoms with Crippen molar-refractivity contribution in [3.8, 4) is 0 Å². The molecule has 4 nitrogen and oxygen atoms in total. The number of nitrogens with one attached hydrogen (secondary N) is 2. The fraction of sp³-hybridized carbons (Fsp3) is 0.900. The quantitative estimate of drug-likeness (QED) is 0.662.